The minimum Gasteiger partial charge on any atom is -0.497 e. The first-order valence-electron chi connectivity index (χ1n) is 45.8. The largest absolute Gasteiger partial charge is 0.497 e. The maximum Gasteiger partial charge on any atom is 0.322 e. The van der Waals surface area contributed by atoms with Gasteiger partial charge >= 0.3 is 30.2 Å². The summed E-state index contributed by atoms with van der Waals surface area (Å²) >= 11 is 5.84. The monoisotopic (exact) mass is 2130 g/mol. The maximum atomic E-state index is 13.0. The zero-order valence-corrected chi connectivity index (χ0v) is 83.2. The van der Waals surface area contributed by atoms with Crippen molar-refractivity contribution < 1.29 is 123 Å². The molecule has 10 fully saturated rings. The molecule has 10 aromatic carbocycles. The number of hydrogen-bond donors (Lipinski definition) is 10. The quantitative estimate of drug-likeness (QED) is 0.0299. The highest BCUT2D eigenvalue weighted by molar-refractivity contribution is 7.90. The molecule has 20 rings (SSSR count). The van der Waals surface area contributed by atoms with Crippen molar-refractivity contribution in [1.82, 2.24) is 74.7 Å². The fraction of sp³-hybridized carbons (Fsp3) is 0.276. The van der Waals surface area contributed by atoms with Crippen LogP contribution in [-0.4, -0.2) is 224 Å². The lowest BCUT2D eigenvalue weighted by Crippen LogP contribution is -2.55. The fourth-order valence-corrected chi connectivity index (χ4v) is 25.0. The van der Waals surface area contributed by atoms with Crippen LogP contribution in [0.1, 0.15) is 75.3 Å². The first-order chi connectivity index (χ1) is 70.0. The molecule has 5 spiro atoms. The average molecular weight is 2130 g/mol. The van der Waals surface area contributed by atoms with E-state index in [9.17, 15) is 94.4 Å². The number of carbonyl (C=O) groups is 10. The van der Waals surface area contributed by atoms with Gasteiger partial charge in [0.2, 0.25) is 50.1 Å². The number of imide groups is 5. The summed E-state index contributed by atoms with van der Waals surface area (Å²) in [5.74, 6) is 3.55. The average Bonchev–Trinajstić information content (AvgIpc) is 1.79. The van der Waals surface area contributed by atoms with Gasteiger partial charge in [0.05, 0.1) is 43.2 Å². The predicted octanol–water partition coefficient (Wildman–Crippen LogP) is 10.2. The van der Waals surface area contributed by atoms with Gasteiger partial charge in [-0.25, -0.2) is 70.5 Å². The number of piperidine rings is 5. The van der Waals surface area contributed by atoms with E-state index in [2.05, 4.69) is 53.2 Å². The normalized spacial score (nSPS) is 18.9. The van der Waals surface area contributed by atoms with Crippen molar-refractivity contribution in [3.8, 4) is 69.3 Å². The van der Waals surface area contributed by atoms with Gasteiger partial charge in [0.1, 0.15) is 96.8 Å². The smallest absolute Gasteiger partial charge is 0.322 e. The Labute approximate surface area is 848 Å². The molecule has 768 valence electrons. The number of rotatable bonds is 21. The number of carbonyl (C=O) groups excluding carboxylic acids is 10. The van der Waals surface area contributed by atoms with E-state index in [0.29, 0.717) is 73.8 Å². The summed E-state index contributed by atoms with van der Waals surface area (Å²) in [6, 6.07) is 63.3. The van der Waals surface area contributed by atoms with Crippen LogP contribution in [0.4, 0.5) is 28.4 Å². The number of nitriles is 1. The number of amides is 15. The van der Waals surface area contributed by atoms with Crippen LogP contribution in [0.15, 0.2) is 267 Å². The van der Waals surface area contributed by atoms with Crippen molar-refractivity contribution in [2.75, 3.05) is 72.6 Å². The van der Waals surface area contributed by atoms with Crippen molar-refractivity contribution in [3.63, 3.8) is 0 Å². The molecule has 10 saturated heterocycles. The summed E-state index contributed by atoms with van der Waals surface area (Å²) in [6.45, 7) is 3.32. The Hall–Kier alpha value is -15.0. The van der Waals surface area contributed by atoms with E-state index in [-0.39, 0.29) is 160 Å². The fourth-order valence-electron chi connectivity index (χ4n) is 17.6. The molecule has 0 radical (unpaired) electrons. The number of nitrogens with zero attached hydrogens (tertiary/aromatic N) is 6. The third kappa shape index (κ3) is 23.6. The van der Waals surface area contributed by atoms with Gasteiger partial charge in [0.15, 0.2) is 0 Å². The summed E-state index contributed by atoms with van der Waals surface area (Å²) in [7, 11) is -17.1. The Morgan fingerprint density at radius 3 is 0.626 bits per heavy atom. The summed E-state index contributed by atoms with van der Waals surface area (Å²) in [6.07, 6.45) is 2.20. The molecule has 42 nitrogen and oxygen atoms in total. The second kappa shape index (κ2) is 42.9. The molecule has 10 heterocycles. The van der Waals surface area contributed by atoms with Crippen LogP contribution in [0.25, 0.3) is 0 Å². The zero-order chi connectivity index (χ0) is 105. The minimum absolute atomic E-state index is 0.0971. The van der Waals surface area contributed by atoms with Crippen molar-refractivity contribution in [3.05, 3.63) is 265 Å². The van der Waals surface area contributed by atoms with Crippen LogP contribution in [0.5, 0.6) is 63.2 Å². The second-order valence-electron chi connectivity index (χ2n) is 35.4. The Morgan fingerprint density at radius 2 is 0.442 bits per heavy atom. The summed E-state index contributed by atoms with van der Waals surface area (Å²) in [4.78, 5) is 118. The number of benzene rings is 10. The summed E-state index contributed by atoms with van der Waals surface area (Å²) in [5.41, 5.74) is -3.45. The molecule has 0 unspecified atom stereocenters. The Kier molecular flexibility index (Phi) is 30.6. The van der Waals surface area contributed by atoms with E-state index in [4.69, 9.17) is 45.3 Å². The van der Waals surface area contributed by atoms with Crippen molar-refractivity contribution in [2.45, 2.75) is 123 Å². The number of sulfonamides is 5. The van der Waals surface area contributed by atoms with Crippen LogP contribution in [0, 0.1) is 24.1 Å². The summed E-state index contributed by atoms with van der Waals surface area (Å²) in [5, 5.41) is 33.6. The lowest BCUT2D eigenvalue weighted by atomic mass is 9.89. The molecule has 10 N–H and O–H groups in total. The number of urea groups is 5. The Bertz CT molecular complexity index is 6960. The minimum atomic E-state index is -3.75. The van der Waals surface area contributed by atoms with Crippen LogP contribution in [-0.2, 0) is 74.1 Å². The summed E-state index contributed by atoms with van der Waals surface area (Å²) < 4.78 is 182. The van der Waals surface area contributed by atoms with Crippen molar-refractivity contribution >= 4 is 121 Å². The molecular formula is C98H96ClFN16O26S5. The molecule has 10 aliphatic heterocycles. The van der Waals surface area contributed by atoms with E-state index < -0.39 is 138 Å². The topological polar surface area (TPSA) is 557 Å². The van der Waals surface area contributed by atoms with Gasteiger partial charge < -0.3 is 55.0 Å². The van der Waals surface area contributed by atoms with E-state index in [1.54, 1.807) is 128 Å². The van der Waals surface area contributed by atoms with Crippen molar-refractivity contribution in [2.24, 2.45) is 0 Å². The number of methoxy groups -OCH3 is 1. The molecule has 0 bridgehead atoms. The molecule has 0 aliphatic carbocycles. The van der Waals surface area contributed by atoms with Crippen molar-refractivity contribution in [1.29, 1.82) is 5.26 Å². The highest BCUT2D eigenvalue weighted by Crippen LogP contribution is 2.39. The molecule has 49 heteroatoms. The van der Waals surface area contributed by atoms with Crippen LogP contribution in [0.3, 0.4) is 0 Å². The molecule has 0 aromatic heterocycles. The van der Waals surface area contributed by atoms with Gasteiger partial charge in [-0.3, -0.25) is 50.6 Å². The van der Waals surface area contributed by atoms with E-state index in [1.165, 1.54) is 119 Å². The van der Waals surface area contributed by atoms with Gasteiger partial charge in [0.25, 0.3) is 29.5 Å². The SMILES string of the molecule is COc1ccc(Oc2ccc(S(=O)(=O)N3CCC4(CC3)NC(=O)NC4=O)cc2)cc1.Cc1ccc(Oc2ccc(S(=O)(=O)N3CCC4(CC3)NC(=O)NC4=O)cc2)cc1.N#Cc1ccc(Oc2ccc(S(=O)(=O)N3CCC4(CC3)NC(=O)NC4=O)cc2)cc1.O=C1NC(=O)C2(CCN(S(=O)(=O)c3ccc(Oc4ccc(Cl)cc4)cc3)CC2)N1.O=C1NC(=O)C2(CCN(S(=O)(=O)c3ccc(Oc4ccc(F)cc4)cc3)CC2)N1. The Balaban J connectivity index is 0.000000131. The Morgan fingerprint density at radius 1 is 0.272 bits per heavy atom. The number of aryl methyl sites for hydroxylation is 1. The van der Waals surface area contributed by atoms with E-state index in [0.717, 1.165) is 5.56 Å². The first kappa shape index (κ1) is 105. The highest BCUT2D eigenvalue weighted by Gasteiger charge is 2.55. The van der Waals surface area contributed by atoms with Gasteiger partial charge in [-0.2, -0.15) is 26.8 Å². The number of ether oxygens (including phenoxy) is 6. The lowest BCUT2D eigenvalue weighted by molar-refractivity contribution is -0.126. The van der Waals surface area contributed by atoms with Gasteiger partial charge in [0, 0.05) is 70.5 Å². The molecule has 0 atom stereocenters. The van der Waals surface area contributed by atoms with E-state index >= 15 is 0 Å². The number of hydrogen-bond acceptors (Lipinski definition) is 27. The molecule has 0 saturated carbocycles. The standard InChI is InChI=1S/C20H18N4O5S.C20H21N3O6S.C20H21N3O5S.C19H18ClN3O5S.C19H18FN3O5S/c21-13-14-1-3-15(4-2-14)29-16-5-7-17(8-6-16)30(27,28)24-11-9-20(10-12-24)18(25)22-19(26)23-20;1-28-14-2-4-15(5-3-14)29-16-6-8-17(9-7-16)30(26,27)23-12-10-20(11-13-23)18(24)21-19(25)22-20;1-14-2-4-15(5-3-14)28-16-6-8-17(9-7-16)29(26,27)23-12-10-20(11-13-23)18(24)21-19(25)22-20;2*20-13-1-3-14(4-2-13)28-15-5-7-16(8-6-15)29(26,27)23-11-9-19(10-12-23)17(24)21-18(25)22-19/h1-8H,9-12H2,(H2,22,23,25,26);2-9H,10-13H2,1H3,(H2,21,22,24,25);2-9H,10-13H2,1H3,(H2,21,22,24,25);2*1-8H,9-12H2,(H2,21,22,24,25). The molecule has 147 heavy (non-hydrogen) atoms. The van der Waals surface area contributed by atoms with E-state index in [1.807, 2.05) is 37.3 Å². The molecule has 15 amide bonds. The van der Waals surface area contributed by atoms with Crippen LogP contribution < -0.4 is 81.6 Å². The second-order valence-corrected chi connectivity index (χ2v) is 45.5. The maximum absolute atomic E-state index is 13.0. The van der Waals surface area contributed by atoms with Gasteiger partial charge in [-0.1, -0.05) is 29.3 Å². The number of halogens is 2. The predicted molar refractivity (Wildman–Crippen MR) is 523 cm³/mol. The third-order valence-corrected chi connectivity index (χ3v) is 35.9. The first-order valence-corrected chi connectivity index (χ1v) is 53.4. The van der Waals surface area contributed by atoms with Crippen LogP contribution >= 0.6 is 11.6 Å². The lowest BCUT2D eigenvalue weighted by Gasteiger charge is -2.36. The molecular weight excluding hydrogens is 2030 g/mol. The molecule has 10 aromatic rings. The number of nitrogens with one attached hydrogen (secondary N) is 10. The zero-order valence-electron chi connectivity index (χ0n) is 78.3. The van der Waals surface area contributed by atoms with Crippen LogP contribution in [0.2, 0.25) is 5.02 Å². The highest BCUT2D eigenvalue weighted by atomic mass is 35.5. The third-order valence-electron chi connectivity index (χ3n) is 26.1. The molecule has 10 aliphatic rings. The van der Waals surface area contributed by atoms with Gasteiger partial charge in [-0.05, 0) is 302 Å². The van der Waals surface area contributed by atoms with Gasteiger partial charge in [-0.15, -0.1) is 0 Å².